The molecule has 6 N–H and O–H groups in total. The maximum atomic E-state index is 14.8. The number of hydrogen-bond acceptors (Lipinski definition) is 9. The van der Waals surface area contributed by atoms with Crippen LogP contribution in [0.25, 0.3) is 0 Å². The first-order chi connectivity index (χ1) is 13.0. The van der Waals surface area contributed by atoms with E-state index in [0.717, 1.165) is 0 Å². The summed E-state index contributed by atoms with van der Waals surface area (Å²) >= 11 is 0. The Balaban J connectivity index is 2.21. The molecule has 136 valence electrons. The largest absolute Gasteiger partial charge is 0.494 e. The number of aromatic nitrogens is 1. The van der Waals surface area contributed by atoms with Gasteiger partial charge in [0, 0.05) is 17.2 Å². The van der Waals surface area contributed by atoms with Crippen LogP contribution in [-0.2, 0) is 0 Å². The van der Waals surface area contributed by atoms with Crippen molar-refractivity contribution in [1.29, 1.82) is 10.5 Å². The van der Waals surface area contributed by atoms with Crippen LogP contribution in [0.5, 0.6) is 5.75 Å². The number of nitrogens with one attached hydrogen (secondary N) is 2. The molecular weight excluding hydrogens is 351 g/mol. The van der Waals surface area contributed by atoms with Crippen LogP contribution in [0.1, 0.15) is 29.7 Å². The third-order valence-electron chi connectivity index (χ3n) is 3.94. The molecule has 9 nitrogen and oxygen atoms in total. The van der Waals surface area contributed by atoms with Gasteiger partial charge in [-0.3, -0.25) is 5.32 Å². The maximum absolute atomic E-state index is 14.8. The number of halogens is 1. The average molecular weight is 366 g/mol. The molecule has 0 fully saturated rings. The first-order valence-corrected chi connectivity index (χ1v) is 7.91. The van der Waals surface area contributed by atoms with Crippen LogP contribution in [0.3, 0.4) is 0 Å². The van der Waals surface area contributed by atoms with Crippen LogP contribution in [0.2, 0.25) is 0 Å². The molecule has 0 saturated carbocycles. The molecule has 1 aromatic carbocycles. The number of guanidine groups is 1. The Hall–Kier alpha value is -4.05. The van der Waals surface area contributed by atoms with Crippen molar-refractivity contribution >= 4 is 23.3 Å². The Kier molecular flexibility index (Phi) is 4.64. The minimum atomic E-state index is -0.937. The zero-order valence-corrected chi connectivity index (χ0v) is 14.2. The molecule has 1 aliphatic rings. The van der Waals surface area contributed by atoms with E-state index in [1.165, 1.54) is 12.1 Å². The lowest BCUT2D eigenvalue weighted by Crippen LogP contribution is -2.33. The maximum Gasteiger partial charge on any atom is 0.211 e. The van der Waals surface area contributed by atoms with Gasteiger partial charge in [-0.2, -0.15) is 10.5 Å². The number of hydrogen-bond donors (Lipinski definition) is 4. The summed E-state index contributed by atoms with van der Waals surface area (Å²) in [5, 5.41) is 23.3. The number of anilines is 3. The SMILES string of the molecule is CCOc1ccc(C2N=C(NC#N)Nc3nc(N)c(C#N)c(N)c32)c(F)c1. The third-order valence-corrected chi connectivity index (χ3v) is 3.94. The molecule has 27 heavy (non-hydrogen) atoms. The van der Waals surface area contributed by atoms with E-state index >= 15 is 0 Å². The smallest absolute Gasteiger partial charge is 0.211 e. The number of nitrogens with two attached hydrogens (primary N) is 2. The molecule has 3 rings (SSSR count). The van der Waals surface area contributed by atoms with Gasteiger partial charge in [0.25, 0.3) is 0 Å². The summed E-state index contributed by atoms with van der Waals surface area (Å²) in [6, 6.07) is 5.30. The number of rotatable bonds is 3. The van der Waals surface area contributed by atoms with E-state index < -0.39 is 11.9 Å². The second-order valence-electron chi connectivity index (χ2n) is 5.52. The number of pyridine rings is 1. The van der Waals surface area contributed by atoms with Gasteiger partial charge in [0.1, 0.15) is 40.9 Å². The van der Waals surface area contributed by atoms with Crippen LogP contribution in [0, 0.1) is 28.6 Å². The standard InChI is InChI=1S/C17H15FN8O/c1-2-27-8-3-4-9(11(18)5-8)14-12-13(21)10(6-19)15(22)25-16(12)26-17(24-14)23-7-20/h3-5,14H,2H2,1H3,(H6,21,22,23,24,25,26). The van der Waals surface area contributed by atoms with Gasteiger partial charge < -0.3 is 21.5 Å². The van der Waals surface area contributed by atoms with Crippen molar-refractivity contribution in [2.75, 3.05) is 23.4 Å². The molecule has 0 saturated heterocycles. The number of ether oxygens (including phenoxy) is 1. The summed E-state index contributed by atoms with van der Waals surface area (Å²) in [5.41, 5.74) is 12.4. The predicted molar refractivity (Wildman–Crippen MR) is 97.0 cm³/mol. The molecule has 1 unspecified atom stereocenters. The minimum Gasteiger partial charge on any atom is -0.494 e. The number of benzene rings is 1. The van der Waals surface area contributed by atoms with E-state index in [4.69, 9.17) is 21.5 Å². The lowest BCUT2D eigenvalue weighted by molar-refractivity contribution is 0.338. The summed E-state index contributed by atoms with van der Waals surface area (Å²) in [5.74, 6) is -0.0401. The molecule has 2 heterocycles. The fraction of sp³-hybridized carbons (Fsp3) is 0.176. The minimum absolute atomic E-state index is 0.0150. The van der Waals surface area contributed by atoms with Gasteiger partial charge >= 0.3 is 0 Å². The number of nitrogens with zero attached hydrogens (tertiary/aromatic N) is 4. The molecule has 0 spiro atoms. The molecule has 1 aliphatic heterocycles. The monoisotopic (exact) mass is 366 g/mol. The highest BCUT2D eigenvalue weighted by Crippen LogP contribution is 2.41. The molecule has 1 atom stereocenters. The van der Waals surface area contributed by atoms with Gasteiger partial charge in [-0.15, -0.1) is 0 Å². The van der Waals surface area contributed by atoms with Crippen molar-refractivity contribution in [3.63, 3.8) is 0 Å². The number of fused-ring (bicyclic) bond motifs is 1. The lowest BCUT2D eigenvalue weighted by Gasteiger charge is -2.26. The summed E-state index contributed by atoms with van der Waals surface area (Å²) in [6.45, 7) is 2.18. The van der Waals surface area contributed by atoms with E-state index in [0.29, 0.717) is 17.9 Å². The molecule has 0 radical (unpaired) electrons. The van der Waals surface area contributed by atoms with E-state index in [-0.39, 0.29) is 34.4 Å². The highest BCUT2D eigenvalue weighted by atomic mass is 19.1. The van der Waals surface area contributed by atoms with Crippen LogP contribution >= 0.6 is 0 Å². The van der Waals surface area contributed by atoms with Crippen LogP contribution in [0.15, 0.2) is 23.2 Å². The topological polar surface area (TPSA) is 158 Å². The van der Waals surface area contributed by atoms with Crippen molar-refractivity contribution in [1.82, 2.24) is 10.3 Å². The Labute approximate surface area is 154 Å². The molecular formula is C17H15FN8O. The summed E-state index contributed by atoms with van der Waals surface area (Å²) in [7, 11) is 0. The Morgan fingerprint density at radius 2 is 2.15 bits per heavy atom. The Morgan fingerprint density at radius 1 is 1.37 bits per heavy atom. The van der Waals surface area contributed by atoms with Crippen molar-refractivity contribution < 1.29 is 9.13 Å². The van der Waals surface area contributed by atoms with Gasteiger partial charge in [-0.1, -0.05) is 0 Å². The summed E-state index contributed by atoms with van der Waals surface area (Å²) < 4.78 is 20.0. The van der Waals surface area contributed by atoms with Crippen LogP contribution in [0.4, 0.5) is 21.7 Å². The Morgan fingerprint density at radius 3 is 2.78 bits per heavy atom. The molecule has 0 aliphatic carbocycles. The zero-order chi connectivity index (χ0) is 19.6. The van der Waals surface area contributed by atoms with Crippen LogP contribution < -0.4 is 26.8 Å². The second kappa shape index (κ2) is 7.06. The van der Waals surface area contributed by atoms with Crippen LogP contribution in [-0.4, -0.2) is 17.6 Å². The van der Waals surface area contributed by atoms with Crippen molar-refractivity contribution in [3.8, 4) is 18.0 Å². The average Bonchev–Trinajstić information content (AvgIpc) is 2.62. The molecule has 2 aromatic rings. The molecule has 0 amide bonds. The zero-order valence-electron chi connectivity index (χ0n) is 14.2. The van der Waals surface area contributed by atoms with Gasteiger partial charge in [0.2, 0.25) is 5.96 Å². The summed E-state index contributed by atoms with van der Waals surface area (Å²) in [6.07, 6.45) is 1.73. The van der Waals surface area contributed by atoms with Gasteiger partial charge in [-0.25, -0.2) is 14.4 Å². The quantitative estimate of drug-likeness (QED) is 0.471. The lowest BCUT2D eigenvalue weighted by atomic mass is 9.94. The fourth-order valence-corrected chi connectivity index (χ4v) is 2.79. The molecule has 0 bridgehead atoms. The molecule has 10 heteroatoms. The highest BCUT2D eigenvalue weighted by Gasteiger charge is 2.31. The van der Waals surface area contributed by atoms with Crippen molar-refractivity contribution in [2.24, 2.45) is 4.99 Å². The molecule has 1 aromatic heterocycles. The third kappa shape index (κ3) is 3.12. The number of nitriles is 2. The predicted octanol–water partition coefficient (Wildman–Crippen LogP) is 1.60. The van der Waals surface area contributed by atoms with Gasteiger partial charge in [0.15, 0.2) is 6.19 Å². The van der Waals surface area contributed by atoms with E-state index in [2.05, 4.69) is 20.6 Å². The van der Waals surface area contributed by atoms with E-state index in [9.17, 15) is 9.65 Å². The number of nitrogen functional groups attached to an aromatic ring is 2. The first kappa shape index (κ1) is 17.8. The first-order valence-electron chi connectivity index (χ1n) is 7.91. The van der Waals surface area contributed by atoms with E-state index in [1.54, 1.807) is 19.2 Å². The van der Waals surface area contributed by atoms with Crippen molar-refractivity contribution in [3.05, 3.63) is 40.7 Å². The van der Waals surface area contributed by atoms with Gasteiger partial charge in [-0.05, 0) is 19.1 Å². The highest BCUT2D eigenvalue weighted by molar-refractivity contribution is 5.98. The van der Waals surface area contributed by atoms with Crippen molar-refractivity contribution in [2.45, 2.75) is 13.0 Å². The summed E-state index contributed by atoms with van der Waals surface area (Å²) in [4.78, 5) is 8.42. The van der Waals surface area contributed by atoms with Gasteiger partial charge in [0.05, 0.1) is 12.3 Å². The fourth-order valence-electron chi connectivity index (χ4n) is 2.79. The Bertz CT molecular complexity index is 1020. The van der Waals surface area contributed by atoms with E-state index in [1.807, 2.05) is 6.07 Å². The second-order valence-corrected chi connectivity index (χ2v) is 5.52. The normalized spacial score (nSPS) is 14.8. The number of aliphatic imine (C=N–C) groups is 1.